The molecule has 1 saturated heterocycles. The van der Waals surface area contributed by atoms with Crippen molar-refractivity contribution in [2.45, 2.75) is 33.0 Å². The molecule has 2 N–H and O–H groups in total. The molecule has 37 heavy (non-hydrogen) atoms. The van der Waals surface area contributed by atoms with Crippen LogP contribution in [0.15, 0.2) is 23.0 Å². The van der Waals surface area contributed by atoms with Gasteiger partial charge in [0.25, 0.3) is 0 Å². The van der Waals surface area contributed by atoms with Crippen molar-refractivity contribution in [3.05, 3.63) is 50.4 Å². The fraction of sp³-hybridized carbons (Fsp3) is 0.417. The highest BCUT2D eigenvalue weighted by atomic mass is 35.5. The molecular weight excluding hydrogens is 513 g/mol. The number of amides is 1. The van der Waals surface area contributed by atoms with Gasteiger partial charge in [0, 0.05) is 31.9 Å². The quantitative estimate of drug-likeness (QED) is 0.496. The van der Waals surface area contributed by atoms with Gasteiger partial charge in [-0.2, -0.15) is 13.2 Å². The van der Waals surface area contributed by atoms with Crippen LogP contribution in [-0.2, 0) is 23.9 Å². The molecule has 2 aromatic heterocycles. The zero-order chi connectivity index (χ0) is 26.9. The van der Waals surface area contributed by atoms with Crippen molar-refractivity contribution >= 4 is 40.0 Å². The van der Waals surface area contributed by atoms with Gasteiger partial charge in [-0.1, -0.05) is 18.5 Å². The van der Waals surface area contributed by atoms with Crippen molar-refractivity contribution in [3.8, 4) is 5.88 Å². The van der Waals surface area contributed by atoms with Crippen LogP contribution in [0.4, 0.5) is 24.5 Å². The number of nitrogens with zero attached hydrogens (tertiary/aromatic N) is 4. The zero-order valence-corrected chi connectivity index (χ0v) is 21.3. The average Bonchev–Trinajstić information content (AvgIpc) is 2.86. The van der Waals surface area contributed by atoms with Crippen LogP contribution in [0.5, 0.6) is 5.88 Å². The highest BCUT2D eigenvalue weighted by Crippen LogP contribution is 2.34. The van der Waals surface area contributed by atoms with E-state index in [0.29, 0.717) is 49.7 Å². The molecule has 1 aromatic carbocycles. The van der Waals surface area contributed by atoms with E-state index in [1.165, 1.54) is 7.11 Å². The number of pyridine rings is 1. The summed E-state index contributed by atoms with van der Waals surface area (Å²) in [6.45, 7) is 5.86. The first-order valence-corrected chi connectivity index (χ1v) is 12.0. The van der Waals surface area contributed by atoms with Gasteiger partial charge in [-0.3, -0.25) is 9.59 Å². The number of carbonyl (C=O) groups is 1. The SMILES string of the molecule is CCc1c(N2CCNCC2)c(=O)c2nc(OC)c(C)nc2n1CC(=O)Nc1ccc(C(F)(F)F)cc1Cl. The Morgan fingerprint density at radius 3 is 2.54 bits per heavy atom. The number of ether oxygens (including phenoxy) is 1. The molecule has 1 fully saturated rings. The second kappa shape index (κ2) is 10.5. The predicted octanol–water partition coefficient (Wildman–Crippen LogP) is 3.39. The Morgan fingerprint density at radius 1 is 1.24 bits per heavy atom. The third kappa shape index (κ3) is 5.35. The van der Waals surface area contributed by atoms with E-state index < -0.39 is 17.6 Å². The molecule has 0 unspecified atom stereocenters. The lowest BCUT2D eigenvalue weighted by Crippen LogP contribution is -2.46. The molecule has 0 spiro atoms. The standard InChI is InChI=1S/C24H26ClF3N6O3/c1-4-17-20(33-9-7-29-8-10-33)21(36)19-22(30-13(2)23(32-19)37-3)34(17)12-18(35)31-16-6-5-14(11-15(16)25)24(26,27)28/h5-6,11,29H,4,7-10,12H2,1-3H3,(H,31,35). The number of hydrogen-bond acceptors (Lipinski definition) is 7. The van der Waals surface area contributed by atoms with E-state index in [2.05, 4.69) is 20.6 Å². The van der Waals surface area contributed by atoms with Crippen molar-refractivity contribution in [3.63, 3.8) is 0 Å². The number of carbonyl (C=O) groups excluding carboxylic acids is 1. The van der Waals surface area contributed by atoms with Gasteiger partial charge in [-0.15, -0.1) is 0 Å². The Labute approximate surface area is 215 Å². The number of aryl methyl sites for hydroxylation is 1. The number of rotatable bonds is 6. The second-order valence-electron chi connectivity index (χ2n) is 8.53. The highest BCUT2D eigenvalue weighted by Gasteiger charge is 2.31. The van der Waals surface area contributed by atoms with Crippen LogP contribution in [0.1, 0.15) is 23.9 Å². The topological polar surface area (TPSA) is 101 Å². The van der Waals surface area contributed by atoms with Crippen LogP contribution in [0.3, 0.4) is 0 Å². The number of fused-ring (bicyclic) bond motifs is 1. The van der Waals surface area contributed by atoms with E-state index in [0.717, 1.165) is 18.2 Å². The summed E-state index contributed by atoms with van der Waals surface area (Å²) in [6.07, 6.45) is -4.14. The molecular formula is C24H26ClF3N6O3. The van der Waals surface area contributed by atoms with Gasteiger partial charge in [0.05, 0.1) is 23.4 Å². The summed E-state index contributed by atoms with van der Waals surface area (Å²) in [5.41, 5.74) is 0.573. The van der Waals surface area contributed by atoms with E-state index in [4.69, 9.17) is 16.3 Å². The summed E-state index contributed by atoms with van der Waals surface area (Å²) in [6, 6.07) is 2.71. The van der Waals surface area contributed by atoms with Gasteiger partial charge in [0.15, 0.2) is 11.2 Å². The number of nitrogens with one attached hydrogen (secondary N) is 2. The van der Waals surface area contributed by atoms with Crippen LogP contribution < -0.4 is 25.7 Å². The molecule has 1 aliphatic rings. The average molecular weight is 539 g/mol. The van der Waals surface area contributed by atoms with Crippen LogP contribution in [-0.4, -0.2) is 53.7 Å². The van der Waals surface area contributed by atoms with E-state index in [1.54, 1.807) is 11.5 Å². The minimum absolute atomic E-state index is 0.0364. The Kier molecular flexibility index (Phi) is 7.60. The summed E-state index contributed by atoms with van der Waals surface area (Å²) in [7, 11) is 1.43. The van der Waals surface area contributed by atoms with E-state index in [9.17, 15) is 22.8 Å². The Hall–Kier alpha value is -3.38. The number of hydrogen-bond donors (Lipinski definition) is 2. The summed E-state index contributed by atoms with van der Waals surface area (Å²) < 4.78 is 45.9. The maximum atomic E-state index is 13.6. The third-order valence-corrected chi connectivity index (χ3v) is 6.44. The zero-order valence-electron chi connectivity index (χ0n) is 20.5. The van der Waals surface area contributed by atoms with Crippen molar-refractivity contribution in [2.75, 3.05) is 43.5 Å². The summed E-state index contributed by atoms with van der Waals surface area (Å²) >= 11 is 6.03. The number of methoxy groups -OCH3 is 1. The largest absolute Gasteiger partial charge is 0.480 e. The first-order chi connectivity index (χ1) is 17.5. The lowest BCUT2D eigenvalue weighted by atomic mass is 10.1. The molecule has 1 aliphatic heterocycles. The molecule has 1 amide bonds. The van der Waals surface area contributed by atoms with Crippen LogP contribution in [0.2, 0.25) is 5.02 Å². The normalized spacial score (nSPS) is 14.2. The van der Waals surface area contributed by atoms with E-state index >= 15 is 0 Å². The molecule has 9 nitrogen and oxygen atoms in total. The van der Waals surface area contributed by atoms with Gasteiger partial charge in [0.2, 0.25) is 17.2 Å². The smallest absolute Gasteiger partial charge is 0.416 e. The van der Waals surface area contributed by atoms with Crippen LogP contribution in [0, 0.1) is 6.92 Å². The minimum Gasteiger partial charge on any atom is -0.480 e. The number of halogens is 4. The lowest BCUT2D eigenvalue weighted by Gasteiger charge is -2.32. The maximum absolute atomic E-state index is 13.6. The predicted molar refractivity (Wildman–Crippen MR) is 135 cm³/mol. The third-order valence-electron chi connectivity index (χ3n) is 6.13. The van der Waals surface area contributed by atoms with Gasteiger partial charge >= 0.3 is 6.18 Å². The number of piperazine rings is 1. The van der Waals surface area contributed by atoms with Crippen molar-refractivity contribution in [1.82, 2.24) is 19.9 Å². The van der Waals surface area contributed by atoms with Gasteiger partial charge in [-0.25, -0.2) is 9.97 Å². The fourth-order valence-electron chi connectivity index (χ4n) is 4.39. The Bertz CT molecular complexity index is 1400. The first kappa shape index (κ1) is 26.7. The summed E-state index contributed by atoms with van der Waals surface area (Å²) in [5, 5.41) is 5.58. The molecule has 0 radical (unpaired) electrons. The monoisotopic (exact) mass is 538 g/mol. The fourth-order valence-corrected chi connectivity index (χ4v) is 4.62. The summed E-state index contributed by atoms with van der Waals surface area (Å²) in [5.74, 6) is -0.351. The Morgan fingerprint density at radius 2 is 1.95 bits per heavy atom. The lowest BCUT2D eigenvalue weighted by molar-refractivity contribution is -0.137. The maximum Gasteiger partial charge on any atom is 0.416 e. The molecule has 4 rings (SSSR count). The van der Waals surface area contributed by atoms with Crippen molar-refractivity contribution < 1.29 is 22.7 Å². The molecule has 0 aliphatic carbocycles. The van der Waals surface area contributed by atoms with Crippen LogP contribution in [0.25, 0.3) is 11.2 Å². The molecule has 0 atom stereocenters. The highest BCUT2D eigenvalue weighted by molar-refractivity contribution is 6.33. The number of aromatic nitrogens is 3. The van der Waals surface area contributed by atoms with Gasteiger partial charge < -0.3 is 24.8 Å². The molecule has 0 saturated carbocycles. The molecule has 3 heterocycles. The number of benzene rings is 1. The molecule has 0 bridgehead atoms. The van der Waals surface area contributed by atoms with Crippen molar-refractivity contribution in [2.24, 2.45) is 0 Å². The Balaban J connectivity index is 1.80. The molecule has 198 valence electrons. The number of alkyl halides is 3. The first-order valence-electron chi connectivity index (χ1n) is 11.6. The van der Waals surface area contributed by atoms with Gasteiger partial charge in [-0.05, 0) is 31.5 Å². The minimum atomic E-state index is -4.56. The van der Waals surface area contributed by atoms with Gasteiger partial charge in [0.1, 0.15) is 17.9 Å². The van der Waals surface area contributed by atoms with Crippen molar-refractivity contribution in [1.29, 1.82) is 0 Å². The van der Waals surface area contributed by atoms with Crippen LogP contribution >= 0.6 is 11.6 Å². The summed E-state index contributed by atoms with van der Waals surface area (Å²) in [4.78, 5) is 37.7. The number of anilines is 2. The second-order valence-corrected chi connectivity index (χ2v) is 8.94. The van der Waals surface area contributed by atoms with E-state index in [1.807, 2.05) is 11.8 Å². The van der Waals surface area contributed by atoms with E-state index in [-0.39, 0.29) is 39.7 Å². The molecule has 3 aromatic rings. The molecule has 13 heteroatoms.